The van der Waals surface area contributed by atoms with Crippen LogP contribution in [0.2, 0.25) is 0 Å². The van der Waals surface area contributed by atoms with Gasteiger partial charge in [-0.25, -0.2) is 0 Å². The fourth-order valence-corrected chi connectivity index (χ4v) is 3.47. The normalized spacial score (nSPS) is 19.5. The highest BCUT2D eigenvalue weighted by Gasteiger charge is 2.28. The summed E-state index contributed by atoms with van der Waals surface area (Å²) in [6, 6.07) is 12.9. The van der Waals surface area contributed by atoms with E-state index in [4.69, 9.17) is 4.74 Å². The Morgan fingerprint density at radius 1 is 1.26 bits per heavy atom. The quantitative estimate of drug-likeness (QED) is 0.455. The standard InChI is InChI=1S/C21H24N2O4/c1-14-5-7-16(8-6-14)21-18(4-3-11-27-21)13-22-19-10-9-17(15(2)24)12-20(19)23(25)26/h5-10,12,18,21-22H,3-4,11,13H2,1-2H3. The Labute approximate surface area is 158 Å². The summed E-state index contributed by atoms with van der Waals surface area (Å²) in [7, 11) is 0. The van der Waals surface area contributed by atoms with Crippen LogP contribution in [0.25, 0.3) is 0 Å². The molecule has 142 valence electrons. The lowest BCUT2D eigenvalue weighted by Crippen LogP contribution is -2.28. The van der Waals surface area contributed by atoms with Gasteiger partial charge < -0.3 is 10.1 Å². The number of ether oxygens (including phenoxy) is 1. The number of carbonyl (C=O) groups is 1. The van der Waals surface area contributed by atoms with Crippen molar-refractivity contribution in [3.63, 3.8) is 0 Å². The number of nitro benzene ring substituents is 1. The maximum absolute atomic E-state index is 11.5. The molecule has 0 bridgehead atoms. The Kier molecular flexibility index (Phi) is 5.86. The van der Waals surface area contributed by atoms with E-state index in [9.17, 15) is 14.9 Å². The van der Waals surface area contributed by atoms with Crippen molar-refractivity contribution in [3.8, 4) is 0 Å². The van der Waals surface area contributed by atoms with Gasteiger partial charge in [0.2, 0.25) is 0 Å². The molecule has 1 heterocycles. The molecule has 2 unspecified atom stereocenters. The summed E-state index contributed by atoms with van der Waals surface area (Å²) in [6.45, 7) is 4.74. The van der Waals surface area contributed by atoms with Gasteiger partial charge in [-0.15, -0.1) is 0 Å². The number of anilines is 1. The van der Waals surface area contributed by atoms with E-state index in [0.717, 1.165) is 25.0 Å². The van der Waals surface area contributed by atoms with E-state index in [1.54, 1.807) is 12.1 Å². The smallest absolute Gasteiger partial charge is 0.293 e. The van der Waals surface area contributed by atoms with Crippen LogP contribution in [0.15, 0.2) is 42.5 Å². The van der Waals surface area contributed by atoms with E-state index in [-0.39, 0.29) is 23.5 Å². The number of hydrogen-bond acceptors (Lipinski definition) is 5. The zero-order valence-electron chi connectivity index (χ0n) is 15.6. The van der Waals surface area contributed by atoms with E-state index in [2.05, 4.69) is 29.6 Å². The largest absolute Gasteiger partial charge is 0.379 e. The lowest BCUT2D eigenvalue weighted by atomic mass is 9.89. The summed E-state index contributed by atoms with van der Waals surface area (Å²) in [5, 5.41) is 14.6. The molecule has 0 saturated carbocycles. The fourth-order valence-electron chi connectivity index (χ4n) is 3.47. The SMILES string of the molecule is CC(=O)c1ccc(NCC2CCCOC2c2ccc(C)cc2)c([N+](=O)[O-])c1. The first-order chi connectivity index (χ1) is 13.0. The Morgan fingerprint density at radius 2 is 2.00 bits per heavy atom. The van der Waals surface area contributed by atoms with Crippen LogP contribution in [0.3, 0.4) is 0 Å². The molecule has 6 nitrogen and oxygen atoms in total. The molecule has 0 aliphatic carbocycles. The Balaban J connectivity index is 1.77. The number of Topliss-reactive ketones (excluding diaryl/α,β-unsaturated/α-hetero) is 1. The predicted molar refractivity (Wildman–Crippen MR) is 104 cm³/mol. The number of ketones is 1. The molecule has 0 amide bonds. The molecule has 1 fully saturated rings. The molecule has 0 aromatic heterocycles. The van der Waals surface area contributed by atoms with Crippen LogP contribution in [0.5, 0.6) is 0 Å². The lowest BCUT2D eigenvalue weighted by molar-refractivity contribution is -0.384. The summed E-state index contributed by atoms with van der Waals surface area (Å²) >= 11 is 0. The van der Waals surface area contributed by atoms with Gasteiger partial charge in [-0.3, -0.25) is 14.9 Å². The number of rotatable bonds is 6. The zero-order chi connectivity index (χ0) is 19.4. The molecular weight excluding hydrogens is 344 g/mol. The maximum Gasteiger partial charge on any atom is 0.293 e. The molecule has 1 aliphatic rings. The number of aryl methyl sites for hydroxylation is 1. The molecule has 3 rings (SSSR count). The van der Waals surface area contributed by atoms with Crippen molar-refractivity contribution in [1.29, 1.82) is 0 Å². The molecule has 6 heteroatoms. The third-order valence-electron chi connectivity index (χ3n) is 5.01. The average Bonchev–Trinajstić information content (AvgIpc) is 2.67. The van der Waals surface area contributed by atoms with Gasteiger partial charge in [0.05, 0.1) is 11.0 Å². The third-order valence-corrected chi connectivity index (χ3v) is 5.01. The van der Waals surface area contributed by atoms with Gasteiger partial charge in [0.1, 0.15) is 5.69 Å². The van der Waals surface area contributed by atoms with Crippen LogP contribution < -0.4 is 5.32 Å². The van der Waals surface area contributed by atoms with Crippen molar-refractivity contribution in [2.45, 2.75) is 32.8 Å². The first-order valence-electron chi connectivity index (χ1n) is 9.17. The van der Waals surface area contributed by atoms with Crippen molar-refractivity contribution in [3.05, 3.63) is 69.3 Å². The lowest BCUT2D eigenvalue weighted by Gasteiger charge is -2.32. The predicted octanol–water partition coefficient (Wildman–Crippen LogP) is 4.69. The van der Waals surface area contributed by atoms with Gasteiger partial charge >= 0.3 is 0 Å². The van der Waals surface area contributed by atoms with Crippen LogP contribution in [-0.2, 0) is 4.74 Å². The Hall–Kier alpha value is -2.73. The zero-order valence-corrected chi connectivity index (χ0v) is 15.6. The van der Waals surface area contributed by atoms with E-state index in [1.165, 1.54) is 18.6 Å². The minimum atomic E-state index is -0.455. The number of nitrogens with zero attached hydrogens (tertiary/aromatic N) is 1. The molecule has 1 N–H and O–H groups in total. The first-order valence-corrected chi connectivity index (χ1v) is 9.17. The van der Waals surface area contributed by atoms with E-state index in [1.807, 2.05) is 6.92 Å². The van der Waals surface area contributed by atoms with E-state index in [0.29, 0.717) is 17.8 Å². The Morgan fingerprint density at radius 3 is 2.67 bits per heavy atom. The summed E-state index contributed by atoms with van der Waals surface area (Å²) < 4.78 is 6.01. The van der Waals surface area contributed by atoms with Crippen LogP contribution in [0.1, 0.15) is 47.4 Å². The average molecular weight is 368 g/mol. The second kappa shape index (κ2) is 8.31. The van der Waals surface area contributed by atoms with Crippen LogP contribution in [0.4, 0.5) is 11.4 Å². The molecule has 2 aromatic carbocycles. The van der Waals surface area contributed by atoms with Crippen molar-refractivity contribution < 1.29 is 14.5 Å². The highest BCUT2D eigenvalue weighted by atomic mass is 16.6. The summed E-state index contributed by atoms with van der Waals surface area (Å²) in [6.07, 6.45) is 1.94. The van der Waals surface area contributed by atoms with Crippen molar-refractivity contribution in [1.82, 2.24) is 0 Å². The van der Waals surface area contributed by atoms with Crippen molar-refractivity contribution >= 4 is 17.2 Å². The van der Waals surface area contributed by atoms with Gasteiger partial charge in [0.25, 0.3) is 5.69 Å². The summed E-state index contributed by atoms with van der Waals surface area (Å²) in [4.78, 5) is 22.4. The molecule has 2 aromatic rings. The van der Waals surface area contributed by atoms with Crippen molar-refractivity contribution in [2.75, 3.05) is 18.5 Å². The molecule has 27 heavy (non-hydrogen) atoms. The van der Waals surface area contributed by atoms with Gasteiger partial charge in [0, 0.05) is 30.7 Å². The number of carbonyl (C=O) groups excluding carboxylic acids is 1. The molecule has 1 saturated heterocycles. The first kappa shape index (κ1) is 19.0. The van der Waals surface area contributed by atoms with Crippen LogP contribution in [0, 0.1) is 23.0 Å². The minimum Gasteiger partial charge on any atom is -0.379 e. The summed E-state index contributed by atoms with van der Waals surface area (Å²) in [5.41, 5.74) is 3.02. The van der Waals surface area contributed by atoms with Gasteiger partial charge in [-0.05, 0) is 44.4 Å². The highest BCUT2D eigenvalue weighted by Crippen LogP contribution is 2.35. The maximum atomic E-state index is 11.5. The molecule has 1 aliphatic heterocycles. The van der Waals surface area contributed by atoms with Crippen LogP contribution >= 0.6 is 0 Å². The van der Waals surface area contributed by atoms with Crippen LogP contribution in [-0.4, -0.2) is 23.9 Å². The molecular formula is C21H24N2O4. The minimum absolute atomic E-state index is 0.0256. The molecule has 0 spiro atoms. The van der Waals surface area contributed by atoms with E-state index >= 15 is 0 Å². The second-order valence-electron chi connectivity index (χ2n) is 7.03. The Bertz CT molecular complexity index is 833. The topological polar surface area (TPSA) is 81.5 Å². The second-order valence-corrected chi connectivity index (χ2v) is 7.03. The fraction of sp³-hybridized carbons (Fsp3) is 0.381. The third kappa shape index (κ3) is 4.52. The van der Waals surface area contributed by atoms with Gasteiger partial charge in [-0.2, -0.15) is 0 Å². The van der Waals surface area contributed by atoms with Gasteiger partial charge in [0.15, 0.2) is 5.78 Å². The highest BCUT2D eigenvalue weighted by molar-refractivity contribution is 5.95. The molecule has 0 radical (unpaired) electrons. The van der Waals surface area contributed by atoms with Crippen molar-refractivity contribution in [2.24, 2.45) is 5.92 Å². The van der Waals surface area contributed by atoms with E-state index < -0.39 is 4.92 Å². The number of benzene rings is 2. The summed E-state index contributed by atoms with van der Waals surface area (Å²) in [5.74, 6) is 0.0262. The molecule has 2 atom stereocenters. The monoisotopic (exact) mass is 368 g/mol. The number of nitrogens with one attached hydrogen (secondary N) is 1. The van der Waals surface area contributed by atoms with Gasteiger partial charge in [-0.1, -0.05) is 29.8 Å². The number of nitro groups is 1. The number of hydrogen-bond donors (Lipinski definition) is 1.